The third-order valence-corrected chi connectivity index (χ3v) is 4.58. The standard InChI is InChI=1S/C17H18BrN3O2/c18-14-5-3-12(4-6-14)16-19-8-7-15(20-16)11-21-9-1-2-13(10-21)17(22)23/h3-8,13H,1-2,9-11H2,(H,22,23). The average molecular weight is 376 g/mol. The van der Waals surface area contributed by atoms with Crippen molar-refractivity contribution in [2.75, 3.05) is 13.1 Å². The molecule has 0 radical (unpaired) electrons. The average Bonchev–Trinajstić information content (AvgIpc) is 2.56. The van der Waals surface area contributed by atoms with E-state index in [0.717, 1.165) is 35.1 Å². The fraction of sp³-hybridized carbons (Fsp3) is 0.353. The molecule has 3 rings (SSSR count). The molecule has 2 aromatic rings. The minimum Gasteiger partial charge on any atom is -0.481 e. The Kier molecular flexibility index (Phi) is 5.03. The Hall–Kier alpha value is -1.79. The van der Waals surface area contributed by atoms with Crippen LogP contribution in [0.3, 0.4) is 0 Å². The van der Waals surface area contributed by atoms with Crippen molar-refractivity contribution in [2.45, 2.75) is 19.4 Å². The number of halogens is 1. The van der Waals surface area contributed by atoms with Gasteiger partial charge in [0, 0.05) is 29.3 Å². The van der Waals surface area contributed by atoms with Crippen LogP contribution in [0.25, 0.3) is 11.4 Å². The Morgan fingerprint density at radius 1 is 1.30 bits per heavy atom. The van der Waals surface area contributed by atoms with Crippen LogP contribution in [0.15, 0.2) is 41.0 Å². The monoisotopic (exact) mass is 375 g/mol. The van der Waals surface area contributed by atoms with Crippen LogP contribution in [-0.2, 0) is 11.3 Å². The number of rotatable bonds is 4. The molecule has 1 N–H and O–H groups in total. The summed E-state index contributed by atoms with van der Waals surface area (Å²) < 4.78 is 1.02. The highest BCUT2D eigenvalue weighted by molar-refractivity contribution is 9.10. The highest BCUT2D eigenvalue weighted by atomic mass is 79.9. The van der Waals surface area contributed by atoms with Gasteiger partial charge in [0.2, 0.25) is 0 Å². The highest BCUT2D eigenvalue weighted by Crippen LogP contribution is 2.21. The van der Waals surface area contributed by atoms with Crippen molar-refractivity contribution in [3.8, 4) is 11.4 Å². The first-order chi connectivity index (χ1) is 11.1. The van der Waals surface area contributed by atoms with E-state index in [1.54, 1.807) is 6.20 Å². The number of hydrogen-bond donors (Lipinski definition) is 1. The van der Waals surface area contributed by atoms with Gasteiger partial charge in [-0.1, -0.05) is 28.1 Å². The number of likely N-dealkylation sites (tertiary alicyclic amines) is 1. The molecule has 1 unspecified atom stereocenters. The van der Waals surface area contributed by atoms with Gasteiger partial charge in [0.1, 0.15) is 0 Å². The van der Waals surface area contributed by atoms with Gasteiger partial charge in [-0.05, 0) is 37.6 Å². The van der Waals surface area contributed by atoms with E-state index in [4.69, 9.17) is 0 Å². The molecule has 1 aliphatic heterocycles. The number of hydrogen-bond acceptors (Lipinski definition) is 4. The Balaban J connectivity index is 1.72. The van der Waals surface area contributed by atoms with Crippen LogP contribution in [-0.4, -0.2) is 39.0 Å². The number of nitrogens with zero attached hydrogens (tertiary/aromatic N) is 3. The molecule has 23 heavy (non-hydrogen) atoms. The van der Waals surface area contributed by atoms with Crippen LogP contribution in [0.2, 0.25) is 0 Å². The second-order valence-corrected chi connectivity index (χ2v) is 6.71. The quantitative estimate of drug-likeness (QED) is 0.888. The molecule has 1 fully saturated rings. The summed E-state index contributed by atoms with van der Waals surface area (Å²) in [6.45, 7) is 2.17. The van der Waals surface area contributed by atoms with E-state index in [1.807, 2.05) is 30.3 Å². The van der Waals surface area contributed by atoms with Crippen molar-refractivity contribution in [3.63, 3.8) is 0 Å². The number of carbonyl (C=O) groups is 1. The van der Waals surface area contributed by atoms with E-state index in [-0.39, 0.29) is 5.92 Å². The maximum atomic E-state index is 11.2. The van der Waals surface area contributed by atoms with Crippen molar-refractivity contribution in [2.24, 2.45) is 5.92 Å². The number of piperidine rings is 1. The van der Waals surface area contributed by atoms with Gasteiger partial charge in [-0.15, -0.1) is 0 Å². The molecule has 0 aliphatic carbocycles. The van der Waals surface area contributed by atoms with Crippen LogP contribution in [0.1, 0.15) is 18.5 Å². The van der Waals surface area contributed by atoms with Gasteiger partial charge < -0.3 is 5.11 Å². The topological polar surface area (TPSA) is 66.3 Å². The smallest absolute Gasteiger partial charge is 0.307 e. The van der Waals surface area contributed by atoms with E-state index in [2.05, 4.69) is 30.8 Å². The molecule has 2 heterocycles. The Bertz CT molecular complexity index is 690. The molecule has 0 amide bonds. The SMILES string of the molecule is O=C(O)C1CCCN(Cc2ccnc(-c3ccc(Br)cc3)n2)C1. The normalized spacial score (nSPS) is 18.7. The third kappa shape index (κ3) is 4.14. The molecular formula is C17H18BrN3O2. The zero-order valence-electron chi connectivity index (χ0n) is 12.7. The van der Waals surface area contributed by atoms with Gasteiger partial charge in [-0.2, -0.15) is 0 Å². The summed E-state index contributed by atoms with van der Waals surface area (Å²) in [6.07, 6.45) is 3.44. The zero-order valence-corrected chi connectivity index (χ0v) is 14.2. The first-order valence-corrected chi connectivity index (χ1v) is 8.44. The number of carboxylic acids is 1. The summed E-state index contributed by atoms with van der Waals surface area (Å²) in [5, 5.41) is 9.18. The number of aromatic nitrogens is 2. The third-order valence-electron chi connectivity index (χ3n) is 4.06. The van der Waals surface area contributed by atoms with Crippen molar-refractivity contribution in [1.29, 1.82) is 0 Å². The van der Waals surface area contributed by atoms with E-state index >= 15 is 0 Å². The highest BCUT2D eigenvalue weighted by Gasteiger charge is 2.25. The molecule has 0 bridgehead atoms. The Morgan fingerprint density at radius 3 is 2.83 bits per heavy atom. The fourth-order valence-electron chi connectivity index (χ4n) is 2.85. The molecule has 5 nitrogen and oxygen atoms in total. The largest absolute Gasteiger partial charge is 0.481 e. The molecule has 1 aromatic carbocycles. The molecule has 1 aromatic heterocycles. The van der Waals surface area contributed by atoms with E-state index in [0.29, 0.717) is 18.9 Å². The van der Waals surface area contributed by atoms with Crippen molar-refractivity contribution >= 4 is 21.9 Å². The van der Waals surface area contributed by atoms with Crippen LogP contribution in [0.4, 0.5) is 0 Å². The first kappa shape index (κ1) is 16.1. The molecule has 1 saturated heterocycles. The van der Waals surface area contributed by atoms with Crippen LogP contribution >= 0.6 is 15.9 Å². The van der Waals surface area contributed by atoms with Crippen molar-refractivity contribution in [1.82, 2.24) is 14.9 Å². The fourth-order valence-corrected chi connectivity index (χ4v) is 3.12. The molecule has 1 atom stereocenters. The van der Waals surface area contributed by atoms with Crippen molar-refractivity contribution in [3.05, 3.63) is 46.7 Å². The van der Waals surface area contributed by atoms with Gasteiger partial charge in [-0.3, -0.25) is 9.69 Å². The second-order valence-electron chi connectivity index (χ2n) is 5.79. The number of carboxylic acid groups (broad SMARTS) is 1. The first-order valence-electron chi connectivity index (χ1n) is 7.65. The molecule has 0 spiro atoms. The predicted octanol–water partition coefficient (Wildman–Crippen LogP) is 3.20. The molecular weight excluding hydrogens is 358 g/mol. The van der Waals surface area contributed by atoms with Crippen molar-refractivity contribution < 1.29 is 9.90 Å². The zero-order chi connectivity index (χ0) is 16.2. The lowest BCUT2D eigenvalue weighted by atomic mass is 9.98. The van der Waals surface area contributed by atoms with Crippen LogP contribution < -0.4 is 0 Å². The minimum atomic E-state index is -0.701. The summed E-state index contributed by atoms with van der Waals surface area (Å²) in [6, 6.07) is 9.78. The molecule has 6 heteroatoms. The van der Waals surface area contributed by atoms with E-state index in [1.165, 1.54) is 0 Å². The maximum absolute atomic E-state index is 11.2. The summed E-state index contributed by atoms with van der Waals surface area (Å²) in [5.74, 6) is -0.272. The maximum Gasteiger partial charge on any atom is 0.307 e. The summed E-state index contributed by atoms with van der Waals surface area (Å²) in [5.41, 5.74) is 1.89. The van der Waals surface area contributed by atoms with Gasteiger partial charge in [0.15, 0.2) is 5.82 Å². The van der Waals surface area contributed by atoms with E-state index < -0.39 is 5.97 Å². The van der Waals surface area contributed by atoms with Crippen LogP contribution in [0.5, 0.6) is 0 Å². The lowest BCUT2D eigenvalue weighted by Gasteiger charge is -2.30. The molecule has 120 valence electrons. The number of benzene rings is 1. The lowest BCUT2D eigenvalue weighted by Crippen LogP contribution is -2.38. The Labute approximate surface area is 143 Å². The predicted molar refractivity (Wildman–Crippen MR) is 90.8 cm³/mol. The van der Waals surface area contributed by atoms with Gasteiger partial charge in [0.05, 0.1) is 11.6 Å². The molecule has 0 saturated carbocycles. The summed E-state index contributed by atoms with van der Waals surface area (Å²) >= 11 is 3.42. The summed E-state index contributed by atoms with van der Waals surface area (Å²) in [4.78, 5) is 22.3. The summed E-state index contributed by atoms with van der Waals surface area (Å²) in [7, 11) is 0. The van der Waals surface area contributed by atoms with Crippen LogP contribution in [0, 0.1) is 5.92 Å². The minimum absolute atomic E-state index is 0.267. The molecule has 1 aliphatic rings. The lowest BCUT2D eigenvalue weighted by molar-refractivity contribution is -0.143. The van der Waals surface area contributed by atoms with E-state index in [9.17, 15) is 9.90 Å². The second kappa shape index (κ2) is 7.19. The number of aliphatic carboxylic acids is 1. The Morgan fingerprint density at radius 2 is 2.09 bits per heavy atom. The van der Waals surface area contributed by atoms with Gasteiger partial charge in [-0.25, -0.2) is 9.97 Å². The van der Waals surface area contributed by atoms with Gasteiger partial charge in [0.25, 0.3) is 0 Å². The van der Waals surface area contributed by atoms with Gasteiger partial charge >= 0.3 is 5.97 Å².